The predicted molar refractivity (Wildman–Crippen MR) is 109 cm³/mol. The molecule has 4 heteroatoms. The van der Waals surface area contributed by atoms with Gasteiger partial charge in [-0.15, -0.1) is 0 Å². The van der Waals surface area contributed by atoms with E-state index in [4.69, 9.17) is 4.18 Å². The average Bonchev–Trinajstić information content (AvgIpc) is 2.45. The van der Waals surface area contributed by atoms with Crippen LogP contribution in [0.2, 0.25) is 0 Å². The van der Waals surface area contributed by atoms with Gasteiger partial charge >= 0.3 is 0 Å². The molecule has 0 rings (SSSR count). The van der Waals surface area contributed by atoms with Crippen molar-refractivity contribution < 1.29 is 12.6 Å². The van der Waals surface area contributed by atoms with Gasteiger partial charge in [-0.25, -0.2) is 0 Å². The minimum Gasteiger partial charge on any atom is -0.266 e. The Morgan fingerprint density at radius 2 is 1.12 bits per heavy atom. The first-order chi connectivity index (χ1) is 11.6. The van der Waals surface area contributed by atoms with Crippen molar-refractivity contribution in [3.05, 3.63) is 46.6 Å². The summed E-state index contributed by atoms with van der Waals surface area (Å²) in [7, 11) is -3.35. The van der Waals surface area contributed by atoms with Gasteiger partial charge in [0.2, 0.25) is 0 Å². The van der Waals surface area contributed by atoms with Crippen molar-refractivity contribution in [1.29, 1.82) is 0 Å². The second-order valence-corrected chi connectivity index (χ2v) is 8.68. The van der Waals surface area contributed by atoms with E-state index >= 15 is 0 Å². The number of rotatable bonds is 12. The SMILES string of the molecule is CC(C)=CCC/C(C)=C/CC/C(C)=C/CC/C(C)=C/COS(C)(=O)=O. The van der Waals surface area contributed by atoms with Gasteiger partial charge in [0, 0.05) is 0 Å². The Morgan fingerprint density at radius 1 is 0.720 bits per heavy atom. The number of hydrogen-bond donors (Lipinski definition) is 0. The summed E-state index contributed by atoms with van der Waals surface area (Å²) in [6, 6.07) is 0. The smallest absolute Gasteiger partial charge is 0.264 e. The monoisotopic (exact) mass is 368 g/mol. The van der Waals surface area contributed by atoms with E-state index in [-0.39, 0.29) is 6.61 Å². The van der Waals surface area contributed by atoms with Crippen LogP contribution in [-0.4, -0.2) is 21.3 Å². The highest BCUT2D eigenvalue weighted by Crippen LogP contribution is 2.13. The zero-order valence-corrected chi connectivity index (χ0v) is 17.7. The van der Waals surface area contributed by atoms with Gasteiger partial charge in [0.15, 0.2) is 0 Å². The fraction of sp³-hybridized carbons (Fsp3) is 0.619. The van der Waals surface area contributed by atoms with Gasteiger partial charge in [-0.1, -0.05) is 46.6 Å². The second-order valence-electron chi connectivity index (χ2n) is 7.04. The summed E-state index contributed by atoms with van der Waals surface area (Å²) in [6.45, 7) is 10.8. The van der Waals surface area contributed by atoms with Crippen LogP contribution in [0.15, 0.2) is 46.6 Å². The zero-order valence-electron chi connectivity index (χ0n) is 16.9. The second kappa shape index (κ2) is 13.1. The van der Waals surface area contributed by atoms with Gasteiger partial charge in [-0.2, -0.15) is 8.42 Å². The molecule has 0 heterocycles. The minimum absolute atomic E-state index is 0.129. The highest BCUT2D eigenvalue weighted by Gasteiger charge is 1.99. The van der Waals surface area contributed by atoms with Crippen molar-refractivity contribution in [2.45, 2.75) is 73.1 Å². The molecule has 0 fully saturated rings. The molecule has 0 bridgehead atoms. The molecular formula is C21H36O3S. The third-order valence-corrected chi connectivity index (χ3v) is 4.43. The summed E-state index contributed by atoms with van der Waals surface area (Å²) < 4.78 is 26.5. The van der Waals surface area contributed by atoms with Crippen LogP contribution in [0.1, 0.15) is 73.1 Å². The lowest BCUT2D eigenvalue weighted by Gasteiger charge is -2.03. The van der Waals surface area contributed by atoms with Gasteiger partial charge in [-0.05, 0) is 73.1 Å². The molecule has 25 heavy (non-hydrogen) atoms. The summed E-state index contributed by atoms with van der Waals surface area (Å²) in [5.41, 5.74) is 5.42. The number of allylic oxidation sites excluding steroid dienone is 7. The standard InChI is InChI=1S/C21H36O3S/c1-18(2)10-7-11-19(3)12-8-13-20(4)14-9-15-21(5)16-17-24-25(6,22)23/h10,12,14,16H,7-9,11,13,15,17H2,1-6H3/b19-12+,20-14+,21-16+. The van der Waals surface area contributed by atoms with Crippen molar-refractivity contribution in [3.8, 4) is 0 Å². The van der Waals surface area contributed by atoms with Crippen molar-refractivity contribution in [3.63, 3.8) is 0 Å². The van der Waals surface area contributed by atoms with E-state index in [1.165, 1.54) is 16.7 Å². The van der Waals surface area contributed by atoms with Gasteiger partial charge in [-0.3, -0.25) is 4.18 Å². The lowest BCUT2D eigenvalue weighted by atomic mass is 10.0. The molecule has 0 aromatic rings. The van der Waals surface area contributed by atoms with E-state index < -0.39 is 10.1 Å². The molecule has 0 aliphatic heterocycles. The lowest BCUT2D eigenvalue weighted by Crippen LogP contribution is -2.02. The Labute approximate surface area is 155 Å². The molecule has 0 aliphatic rings. The fourth-order valence-electron chi connectivity index (χ4n) is 2.29. The predicted octanol–water partition coefficient (Wildman–Crippen LogP) is 6.11. The number of hydrogen-bond acceptors (Lipinski definition) is 3. The van der Waals surface area contributed by atoms with Gasteiger partial charge in [0.05, 0.1) is 12.9 Å². The van der Waals surface area contributed by atoms with Crippen molar-refractivity contribution in [2.24, 2.45) is 0 Å². The lowest BCUT2D eigenvalue weighted by molar-refractivity contribution is 0.360. The molecule has 0 saturated carbocycles. The third kappa shape index (κ3) is 17.5. The molecule has 0 N–H and O–H groups in total. The molecule has 0 aromatic heterocycles. The Kier molecular flexibility index (Phi) is 12.5. The Hall–Kier alpha value is -1.13. The van der Waals surface area contributed by atoms with Crippen molar-refractivity contribution >= 4 is 10.1 Å². The van der Waals surface area contributed by atoms with Crippen LogP contribution in [0.3, 0.4) is 0 Å². The maximum Gasteiger partial charge on any atom is 0.264 e. The van der Waals surface area contributed by atoms with Crippen molar-refractivity contribution in [1.82, 2.24) is 0 Å². The Morgan fingerprint density at radius 3 is 1.52 bits per heavy atom. The van der Waals surface area contributed by atoms with E-state index in [0.717, 1.165) is 50.4 Å². The molecule has 0 spiro atoms. The van der Waals surface area contributed by atoms with E-state index in [9.17, 15) is 8.42 Å². The first-order valence-corrected chi connectivity index (χ1v) is 10.9. The Balaban J connectivity index is 4.05. The molecule has 3 nitrogen and oxygen atoms in total. The maximum atomic E-state index is 10.9. The highest BCUT2D eigenvalue weighted by atomic mass is 32.2. The normalized spacial score (nSPS) is 13.9. The van der Waals surface area contributed by atoms with Gasteiger partial charge in [0.1, 0.15) is 0 Å². The summed E-state index contributed by atoms with van der Waals surface area (Å²) in [4.78, 5) is 0. The minimum atomic E-state index is -3.35. The van der Waals surface area contributed by atoms with Crippen LogP contribution in [0.4, 0.5) is 0 Å². The molecule has 0 saturated heterocycles. The molecule has 0 unspecified atom stereocenters. The largest absolute Gasteiger partial charge is 0.266 e. The summed E-state index contributed by atoms with van der Waals surface area (Å²) >= 11 is 0. The van der Waals surface area contributed by atoms with Gasteiger partial charge < -0.3 is 0 Å². The summed E-state index contributed by atoms with van der Waals surface area (Å²) in [5, 5.41) is 0. The van der Waals surface area contributed by atoms with Crippen LogP contribution in [-0.2, 0) is 14.3 Å². The molecule has 0 aromatic carbocycles. The van der Waals surface area contributed by atoms with Crippen LogP contribution < -0.4 is 0 Å². The third-order valence-electron chi connectivity index (χ3n) is 3.87. The van der Waals surface area contributed by atoms with E-state index in [1.54, 1.807) is 0 Å². The molecule has 0 amide bonds. The van der Waals surface area contributed by atoms with Crippen LogP contribution in [0.5, 0.6) is 0 Å². The van der Waals surface area contributed by atoms with Crippen LogP contribution in [0, 0.1) is 0 Å². The van der Waals surface area contributed by atoms with E-state index in [2.05, 4.69) is 45.9 Å². The molecular weight excluding hydrogens is 332 g/mol. The maximum absolute atomic E-state index is 10.9. The first-order valence-electron chi connectivity index (χ1n) is 9.05. The zero-order chi connectivity index (χ0) is 19.3. The summed E-state index contributed by atoms with van der Waals surface area (Å²) in [5.74, 6) is 0. The fourth-order valence-corrected chi connectivity index (χ4v) is 2.60. The molecule has 0 atom stereocenters. The average molecular weight is 369 g/mol. The van der Waals surface area contributed by atoms with Crippen LogP contribution >= 0.6 is 0 Å². The van der Waals surface area contributed by atoms with Crippen molar-refractivity contribution in [2.75, 3.05) is 12.9 Å². The highest BCUT2D eigenvalue weighted by molar-refractivity contribution is 7.85. The topological polar surface area (TPSA) is 43.4 Å². The van der Waals surface area contributed by atoms with Crippen LogP contribution in [0.25, 0.3) is 0 Å². The van der Waals surface area contributed by atoms with E-state index in [0.29, 0.717) is 0 Å². The molecule has 0 aliphatic carbocycles. The molecule has 144 valence electrons. The quantitative estimate of drug-likeness (QED) is 0.308. The van der Waals surface area contributed by atoms with Gasteiger partial charge in [0.25, 0.3) is 10.1 Å². The Bertz CT molecular complexity index is 601. The summed E-state index contributed by atoms with van der Waals surface area (Å²) in [6.07, 6.45) is 16.2. The van der Waals surface area contributed by atoms with E-state index in [1.807, 2.05) is 13.0 Å². The first kappa shape index (κ1) is 23.9. The molecule has 0 radical (unpaired) electrons.